The summed E-state index contributed by atoms with van der Waals surface area (Å²) in [4.78, 5) is 11.5. The van der Waals surface area contributed by atoms with Crippen LogP contribution in [0.15, 0.2) is 48.5 Å². The molecular weight excluding hydrogens is 297 g/mol. The highest BCUT2D eigenvalue weighted by molar-refractivity contribution is 5.67. The van der Waals surface area contributed by atoms with Crippen molar-refractivity contribution in [1.29, 1.82) is 0 Å². The van der Waals surface area contributed by atoms with E-state index in [4.69, 9.17) is 9.84 Å². The minimum absolute atomic E-state index is 0.0381. The molecule has 0 aliphatic carbocycles. The molecule has 0 atom stereocenters. The topological polar surface area (TPSA) is 58.6 Å². The molecule has 0 saturated carbocycles. The maximum atomic E-state index is 13.8. The van der Waals surface area contributed by atoms with E-state index in [1.807, 2.05) is 30.3 Å². The van der Waals surface area contributed by atoms with E-state index in [2.05, 4.69) is 17.2 Å². The molecule has 0 radical (unpaired) electrons. The molecule has 0 fully saturated rings. The molecule has 118 valence electrons. The number of amides is 1. The van der Waals surface area contributed by atoms with Crippen LogP contribution in [0.1, 0.15) is 16.7 Å². The van der Waals surface area contributed by atoms with Gasteiger partial charge in [0, 0.05) is 5.56 Å². The standard InChI is InChI=1S/C18H16FNO3/c19-17-15(8-4-9-16(17)12-21)10-5-11-20-18(22)23-13-14-6-2-1-3-7-14/h1-4,6-9,21H,11-13H2,(H,20,22). The molecule has 2 N–H and O–H groups in total. The van der Waals surface area contributed by atoms with Gasteiger partial charge in [0.1, 0.15) is 12.4 Å². The van der Waals surface area contributed by atoms with Crippen LogP contribution < -0.4 is 5.32 Å². The second-order valence-corrected chi connectivity index (χ2v) is 4.65. The fourth-order valence-electron chi connectivity index (χ4n) is 1.83. The number of hydrogen-bond donors (Lipinski definition) is 2. The Morgan fingerprint density at radius 1 is 1.17 bits per heavy atom. The number of carbonyl (C=O) groups excluding carboxylic acids is 1. The number of nitrogens with one attached hydrogen (secondary N) is 1. The molecular formula is C18H16FNO3. The first-order chi connectivity index (χ1) is 11.2. The van der Waals surface area contributed by atoms with Crippen LogP contribution in [-0.4, -0.2) is 17.7 Å². The van der Waals surface area contributed by atoms with Crippen LogP contribution in [0.25, 0.3) is 0 Å². The highest BCUT2D eigenvalue weighted by atomic mass is 19.1. The number of alkyl carbamates (subject to hydrolysis) is 1. The molecule has 0 aliphatic rings. The summed E-state index contributed by atoms with van der Waals surface area (Å²) >= 11 is 0. The zero-order chi connectivity index (χ0) is 16.5. The van der Waals surface area contributed by atoms with Crippen molar-refractivity contribution >= 4 is 6.09 Å². The summed E-state index contributed by atoms with van der Waals surface area (Å²) < 4.78 is 18.8. The molecule has 2 aromatic rings. The molecule has 0 unspecified atom stereocenters. The van der Waals surface area contributed by atoms with E-state index in [1.165, 1.54) is 12.1 Å². The van der Waals surface area contributed by atoms with Crippen LogP contribution in [0.2, 0.25) is 0 Å². The van der Waals surface area contributed by atoms with Crippen LogP contribution in [0, 0.1) is 17.7 Å². The third-order valence-electron chi connectivity index (χ3n) is 3.01. The smallest absolute Gasteiger partial charge is 0.408 e. The largest absolute Gasteiger partial charge is 0.445 e. The lowest BCUT2D eigenvalue weighted by molar-refractivity contribution is 0.141. The van der Waals surface area contributed by atoms with Gasteiger partial charge in [-0.15, -0.1) is 0 Å². The van der Waals surface area contributed by atoms with Crippen LogP contribution in [0.5, 0.6) is 0 Å². The predicted molar refractivity (Wildman–Crippen MR) is 83.8 cm³/mol. The molecule has 0 aromatic heterocycles. The summed E-state index contributed by atoms with van der Waals surface area (Å²) in [5.74, 6) is 4.70. The van der Waals surface area contributed by atoms with Gasteiger partial charge in [-0.05, 0) is 11.6 Å². The molecule has 0 bridgehead atoms. The van der Waals surface area contributed by atoms with Crippen molar-refractivity contribution in [2.75, 3.05) is 6.54 Å². The Balaban J connectivity index is 1.80. The molecule has 4 nitrogen and oxygen atoms in total. The highest BCUT2D eigenvalue weighted by Gasteiger charge is 2.04. The third-order valence-corrected chi connectivity index (χ3v) is 3.01. The van der Waals surface area contributed by atoms with Crippen molar-refractivity contribution in [2.45, 2.75) is 13.2 Å². The van der Waals surface area contributed by atoms with E-state index < -0.39 is 11.9 Å². The van der Waals surface area contributed by atoms with Gasteiger partial charge in [-0.3, -0.25) is 0 Å². The van der Waals surface area contributed by atoms with Crippen molar-refractivity contribution in [3.63, 3.8) is 0 Å². The Bertz CT molecular complexity index is 720. The molecule has 1 amide bonds. The van der Waals surface area contributed by atoms with Gasteiger partial charge in [-0.2, -0.15) is 0 Å². The van der Waals surface area contributed by atoms with E-state index in [1.54, 1.807) is 6.07 Å². The molecule has 0 saturated heterocycles. The SMILES string of the molecule is O=C(NCC#Cc1cccc(CO)c1F)OCc1ccccc1. The van der Waals surface area contributed by atoms with Gasteiger partial charge in [0.2, 0.25) is 0 Å². The van der Waals surface area contributed by atoms with Crippen molar-refractivity contribution in [3.8, 4) is 11.8 Å². The van der Waals surface area contributed by atoms with Crippen LogP contribution in [-0.2, 0) is 18.0 Å². The second-order valence-electron chi connectivity index (χ2n) is 4.65. The number of aliphatic hydroxyl groups excluding tert-OH is 1. The van der Waals surface area contributed by atoms with Gasteiger partial charge in [0.15, 0.2) is 0 Å². The molecule has 5 heteroatoms. The molecule has 2 aromatic carbocycles. The van der Waals surface area contributed by atoms with Crippen molar-refractivity contribution in [1.82, 2.24) is 5.32 Å². The van der Waals surface area contributed by atoms with Gasteiger partial charge < -0.3 is 15.2 Å². The Hall–Kier alpha value is -2.84. The third kappa shape index (κ3) is 5.13. The monoisotopic (exact) mass is 313 g/mol. The number of benzene rings is 2. The van der Waals surface area contributed by atoms with E-state index in [-0.39, 0.29) is 30.9 Å². The number of ether oxygens (including phenoxy) is 1. The fraction of sp³-hybridized carbons (Fsp3) is 0.167. The molecule has 0 aliphatic heterocycles. The minimum Gasteiger partial charge on any atom is -0.445 e. The Morgan fingerprint density at radius 3 is 2.70 bits per heavy atom. The first kappa shape index (κ1) is 16.5. The quantitative estimate of drug-likeness (QED) is 0.853. The Labute approximate surface area is 133 Å². The maximum absolute atomic E-state index is 13.8. The number of halogens is 1. The average Bonchev–Trinajstić information content (AvgIpc) is 2.59. The Morgan fingerprint density at radius 2 is 1.96 bits per heavy atom. The van der Waals surface area contributed by atoms with Crippen LogP contribution >= 0.6 is 0 Å². The molecule has 2 rings (SSSR count). The van der Waals surface area contributed by atoms with Gasteiger partial charge in [0.25, 0.3) is 0 Å². The van der Waals surface area contributed by atoms with Gasteiger partial charge in [-0.1, -0.05) is 54.3 Å². The lowest BCUT2D eigenvalue weighted by Crippen LogP contribution is -2.24. The first-order valence-corrected chi connectivity index (χ1v) is 7.02. The maximum Gasteiger partial charge on any atom is 0.408 e. The van der Waals surface area contributed by atoms with Gasteiger partial charge in [0.05, 0.1) is 18.7 Å². The minimum atomic E-state index is -0.590. The van der Waals surface area contributed by atoms with Gasteiger partial charge in [-0.25, -0.2) is 9.18 Å². The normalized spacial score (nSPS) is 9.65. The molecule has 0 spiro atoms. The fourth-order valence-corrected chi connectivity index (χ4v) is 1.83. The zero-order valence-electron chi connectivity index (χ0n) is 12.4. The second kappa shape index (κ2) is 8.57. The van der Waals surface area contributed by atoms with E-state index in [0.29, 0.717) is 0 Å². The summed E-state index contributed by atoms with van der Waals surface area (Å²) in [6, 6.07) is 13.9. The van der Waals surface area contributed by atoms with Crippen molar-refractivity contribution in [2.24, 2.45) is 0 Å². The highest BCUT2D eigenvalue weighted by Crippen LogP contribution is 2.11. The lowest BCUT2D eigenvalue weighted by Gasteiger charge is -2.04. The van der Waals surface area contributed by atoms with Crippen molar-refractivity contribution < 1.29 is 19.0 Å². The van der Waals surface area contributed by atoms with Crippen LogP contribution in [0.3, 0.4) is 0 Å². The average molecular weight is 313 g/mol. The van der Waals surface area contributed by atoms with Crippen molar-refractivity contribution in [3.05, 3.63) is 71.0 Å². The predicted octanol–water partition coefficient (Wildman–Crippen LogP) is 2.60. The summed E-state index contributed by atoms with van der Waals surface area (Å²) in [5, 5.41) is 11.4. The summed E-state index contributed by atoms with van der Waals surface area (Å²) in [5.41, 5.74) is 1.25. The number of rotatable bonds is 4. The van der Waals surface area contributed by atoms with E-state index in [9.17, 15) is 9.18 Å². The summed E-state index contributed by atoms with van der Waals surface area (Å²) in [6.45, 7) is -0.172. The molecule has 23 heavy (non-hydrogen) atoms. The van der Waals surface area contributed by atoms with E-state index in [0.717, 1.165) is 5.56 Å². The number of carbonyl (C=O) groups is 1. The number of aliphatic hydroxyl groups is 1. The van der Waals surface area contributed by atoms with E-state index >= 15 is 0 Å². The summed E-state index contributed by atoms with van der Waals surface area (Å²) in [7, 11) is 0. The first-order valence-electron chi connectivity index (χ1n) is 7.02. The van der Waals surface area contributed by atoms with Gasteiger partial charge >= 0.3 is 6.09 Å². The van der Waals surface area contributed by atoms with Crippen LogP contribution in [0.4, 0.5) is 9.18 Å². The lowest BCUT2D eigenvalue weighted by atomic mass is 10.1. The summed E-state index contributed by atoms with van der Waals surface area (Å²) in [6.07, 6.45) is -0.590. The number of hydrogen-bond acceptors (Lipinski definition) is 3. The zero-order valence-corrected chi connectivity index (χ0v) is 12.4. The Kier molecular flexibility index (Phi) is 6.16. The molecule has 0 heterocycles.